The molecule has 0 saturated carbocycles. The maximum absolute atomic E-state index is 12.8. The van der Waals surface area contributed by atoms with Crippen LogP contribution in [0.1, 0.15) is 51.6 Å². The van der Waals surface area contributed by atoms with E-state index in [1.165, 1.54) is 0 Å². The Morgan fingerprint density at radius 2 is 2.08 bits per heavy atom. The summed E-state index contributed by atoms with van der Waals surface area (Å²) in [4.78, 5) is 25.7. The lowest BCUT2D eigenvalue weighted by atomic mass is 9.96. The van der Waals surface area contributed by atoms with Gasteiger partial charge in [0.2, 0.25) is 0 Å². The average Bonchev–Trinajstić information content (AvgIpc) is 2.61. The Balaban J connectivity index is 2.15. The second-order valence-electron chi connectivity index (χ2n) is 7.23. The van der Waals surface area contributed by atoms with Crippen molar-refractivity contribution in [2.75, 3.05) is 19.7 Å². The quantitative estimate of drug-likeness (QED) is 0.775. The largest absolute Gasteiger partial charge is 0.494 e. The molecule has 6 heteroatoms. The summed E-state index contributed by atoms with van der Waals surface area (Å²) in [5, 5.41) is 12.3. The van der Waals surface area contributed by atoms with Crippen molar-refractivity contribution >= 4 is 12.0 Å². The molecule has 1 aliphatic heterocycles. The fraction of sp³-hybridized carbons (Fsp3) is 0.600. The molecule has 1 saturated heterocycles. The lowest BCUT2D eigenvalue weighted by molar-refractivity contribution is -0.143. The Hall–Kier alpha value is -2.24. The highest BCUT2D eigenvalue weighted by atomic mass is 16.5. The van der Waals surface area contributed by atoms with Crippen molar-refractivity contribution in [2.45, 2.75) is 46.1 Å². The molecule has 26 heavy (non-hydrogen) atoms. The summed E-state index contributed by atoms with van der Waals surface area (Å²) >= 11 is 0. The van der Waals surface area contributed by atoms with Crippen molar-refractivity contribution in [3.05, 3.63) is 29.8 Å². The highest BCUT2D eigenvalue weighted by Gasteiger charge is 2.30. The second kappa shape index (κ2) is 9.46. The number of ether oxygens (including phenoxy) is 1. The van der Waals surface area contributed by atoms with Crippen molar-refractivity contribution in [1.29, 1.82) is 0 Å². The van der Waals surface area contributed by atoms with E-state index in [0.29, 0.717) is 25.5 Å². The van der Waals surface area contributed by atoms with Gasteiger partial charge in [0.15, 0.2) is 0 Å². The van der Waals surface area contributed by atoms with Gasteiger partial charge in [-0.2, -0.15) is 0 Å². The third kappa shape index (κ3) is 5.38. The van der Waals surface area contributed by atoms with Gasteiger partial charge in [-0.1, -0.05) is 32.0 Å². The van der Waals surface area contributed by atoms with Gasteiger partial charge in [-0.25, -0.2) is 4.79 Å². The van der Waals surface area contributed by atoms with Gasteiger partial charge >= 0.3 is 12.0 Å². The van der Waals surface area contributed by atoms with E-state index >= 15 is 0 Å². The zero-order valence-electron chi connectivity index (χ0n) is 15.9. The van der Waals surface area contributed by atoms with Gasteiger partial charge in [-0.05, 0) is 38.2 Å². The van der Waals surface area contributed by atoms with Crippen LogP contribution in [0.15, 0.2) is 24.3 Å². The molecule has 1 aromatic rings. The van der Waals surface area contributed by atoms with E-state index in [9.17, 15) is 14.7 Å². The first kappa shape index (κ1) is 20.1. The minimum Gasteiger partial charge on any atom is -0.494 e. The number of rotatable bonds is 7. The summed E-state index contributed by atoms with van der Waals surface area (Å²) in [6.45, 7) is 7.59. The smallest absolute Gasteiger partial charge is 0.317 e. The zero-order valence-corrected chi connectivity index (χ0v) is 15.9. The Labute approximate surface area is 155 Å². The van der Waals surface area contributed by atoms with E-state index in [1.807, 2.05) is 31.2 Å². The molecule has 6 nitrogen and oxygen atoms in total. The maximum Gasteiger partial charge on any atom is 0.317 e. The number of likely N-dealkylation sites (tertiary alicyclic amines) is 1. The molecule has 2 amide bonds. The summed E-state index contributed by atoms with van der Waals surface area (Å²) in [5.41, 5.74) is 0.961. The first-order chi connectivity index (χ1) is 12.4. The molecule has 0 spiro atoms. The number of nitrogens with zero attached hydrogens (tertiary/aromatic N) is 1. The molecule has 1 aliphatic rings. The van der Waals surface area contributed by atoms with E-state index in [1.54, 1.807) is 4.90 Å². The van der Waals surface area contributed by atoms with Gasteiger partial charge in [0.25, 0.3) is 0 Å². The van der Waals surface area contributed by atoms with Crippen LogP contribution in [0.3, 0.4) is 0 Å². The van der Waals surface area contributed by atoms with Gasteiger partial charge in [0, 0.05) is 18.7 Å². The fourth-order valence-corrected chi connectivity index (χ4v) is 3.39. The number of amides is 2. The molecule has 2 rings (SSSR count). The van der Waals surface area contributed by atoms with Crippen molar-refractivity contribution in [3.8, 4) is 5.75 Å². The number of benzene rings is 1. The molecular weight excluding hydrogens is 332 g/mol. The number of para-hydroxylation sites is 1. The van der Waals surface area contributed by atoms with E-state index in [0.717, 1.165) is 24.2 Å². The third-order valence-corrected chi connectivity index (χ3v) is 4.66. The van der Waals surface area contributed by atoms with E-state index in [4.69, 9.17) is 4.74 Å². The van der Waals surface area contributed by atoms with Gasteiger partial charge < -0.3 is 20.1 Å². The van der Waals surface area contributed by atoms with Crippen molar-refractivity contribution < 1.29 is 19.4 Å². The normalized spacial score (nSPS) is 18.5. The second-order valence-corrected chi connectivity index (χ2v) is 7.23. The molecule has 0 radical (unpaired) electrons. The minimum absolute atomic E-state index is 0.171. The van der Waals surface area contributed by atoms with Crippen LogP contribution in [0.25, 0.3) is 0 Å². The number of carbonyl (C=O) groups is 2. The molecular formula is C20H30N2O4. The molecule has 1 fully saturated rings. The lowest BCUT2D eigenvalue weighted by Crippen LogP contribution is -2.48. The van der Waals surface area contributed by atoms with Gasteiger partial charge in [-0.15, -0.1) is 0 Å². The molecule has 2 atom stereocenters. The number of hydrogen-bond donors (Lipinski definition) is 2. The summed E-state index contributed by atoms with van der Waals surface area (Å²) < 4.78 is 5.73. The van der Waals surface area contributed by atoms with Crippen molar-refractivity contribution in [1.82, 2.24) is 10.2 Å². The van der Waals surface area contributed by atoms with Crippen molar-refractivity contribution in [2.24, 2.45) is 11.8 Å². The molecule has 0 bridgehead atoms. The van der Waals surface area contributed by atoms with Gasteiger partial charge in [-0.3, -0.25) is 4.79 Å². The molecule has 0 aliphatic carbocycles. The average molecular weight is 362 g/mol. The molecule has 1 aromatic carbocycles. The Bertz CT molecular complexity index is 618. The number of aliphatic carboxylic acids is 1. The fourth-order valence-electron chi connectivity index (χ4n) is 3.39. The SMILES string of the molecule is CCOc1ccccc1C(CC(C)C)NC(=O)N1CCCC(C(=O)O)C1. The number of carbonyl (C=O) groups excluding carboxylic acids is 1. The molecule has 1 heterocycles. The zero-order chi connectivity index (χ0) is 19.1. The Morgan fingerprint density at radius 1 is 1.35 bits per heavy atom. The van der Waals surface area contributed by atoms with Crippen LogP contribution >= 0.6 is 0 Å². The highest BCUT2D eigenvalue weighted by molar-refractivity contribution is 5.77. The molecule has 0 aromatic heterocycles. The van der Waals surface area contributed by atoms with Crippen LogP contribution in [0, 0.1) is 11.8 Å². The predicted molar refractivity (Wildman–Crippen MR) is 100 cm³/mol. The number of piperidine rings is 1. The van der Waals surface area contributed by atoms with E-state index in [2.05, 4.69) is 19.2 Å². The molecule has 2 unspecified atom stereocenters. The maximum atomic E-state index is 12.8. The topological polar surface area (TPSA) is 78.9 Å². The van der Waals surface area contributed by atoms with Crippen LogP contribution in [0.4, 0.5) is 4.79 Å². The van der Waals surface area contributed by atoms with Gasteiger partial charge in [0.1, 0.15) is 5.75 Å². The number of carboxylic acids is 1. The summed E-state index contributed by atoms with van der Waals surface area (Å²) in [6.07, 6.45) is 2.13. The van der Waals surface area contributed by atoms with Gasteiger partial charge in [0.05, 0.1) is 18.6 Å². The third-order valence-electron chi connectivity index (χ3n) is 4.66. The van der Waals surface area contributed by atoms with Crippen LogP contribution in [0.2, 0.25) is 0 Å². The first-order valence-corrected chi connectivity index (χ1v) is 9.42. The standard InChI is InChI=1S/C20H30N2O4/c1-4-26-18-10-6-5-9-16(18)17(12-14(2)3)21-20(25)22-11-7-8-15(13-22)19(23)24/h5-6,9-10,14-15,17H,4,7-8,11-13H2,1-3H3,(H,21,25)(H,23,24). The molecule has 144 valence electrons. The summed E-state index contributed by atoms with van der Waals surface area (Å²) in [7, 11) is 0. The minimum atomic E-state index is -0.831. The first-order valence-electron chi connectivity index (χ1n) is 9.42. The summed E-state index contributed by atoms with van der Waals surface area (Å²) in [6, 6.07) is 7.39. The van der Waals surface area contributed by atoms with E-state index in [-0.39, 0.29) is 18.6 Å². The van der Waals surface area contributed by atoms with E-state index < -0.39 is 11.9 Å². The number of nitrogens with one attached hydrogen (secondary N) is 1. The van der Waals surface area contributed by atoms with Crippen LogP contribution in [0.5, 0.6) is 5.75 Å². The van der Waals surface area contributed by atoms with Crippen LogP contribution in [-0.2, 0) is 4.79 Å². The van der Waals surface area contributed by atoms with Crippen LogP contribution < -0.4 is 10.1 Å². The predicted octanol–water partition coefficient (Wildman–Crippen LogP) is 3.68. The number of urea groups is 1. The molecule has 2 N–H and O–H groups in total. The Morgan fingerprint density at radius 3 is 2.73 bits per heavy atom. The van der Waals surface area contributed by atoms with Crippen LogP contribution in [-0.4, -0.2) is 41.7 Å². The Kier molecular flexibility index (Phi) is 7.30. The number of hydrogen-bond acceptors (Lipinski definition) is 3. The number of carboxylic acid groups (broad SMARTS) is 1. The summed E-state index contributed by atoms with van der Waals surface area (Å²) in [5.74, 6) is -0.136. The highest BCUT2D eigenvalue weighted by Crippen LogP contribution is 2.30. The van der Waals surface area contributed by atoms with Crippen molar-refractivity contribution in [3.63, 3.8) is 0 Å². The monoisotopic (exact) mass is 362 g/mol. The lowest BCUT2D eigenvalue weighted by Gasteiger charge is -2.33.